The molecule has 4 fully saturated rings. The van der Waals surface area contributed by atoms with Crippen LogP contribution in [0.25, 0.3) is 0 Å². The Hall–Kier alpha value is -0.580. The van der Waals surface area contributed by atoms with E-state index >= 15 is 0 Å². The summed E-state index contributed by atoms with van der Waals surface area (Å²) < 4.78 is 16.3. The molecule has 1 aromatic rings. The number of thioether (sulfide) groups is 1. The van der Waals surface area contributed by atoms with E-state index in [2.05, 4.69) is 20.8 Å². The fraction of sp³-hybridized carbons (Fsp3) is 0.812. The second-order valence-electron chi connectivity index (χ2n) is 13.9. The van der Waals surface area contributed by atoms with Crippen LogP contribution in [-0.4, -0.2) is 66.6 Å². The molecule has 6 unspecified atom stereocenters. The average molecular weight is 517 g/mol. The first-order valence-electron chi connectivity index (χ1n) is 15.5. The third kappa shape index (κ3) is 6.52. The minimum atomic E-state index is -0.127. The van der Waals surface area contributed by atoms with Crippen molar-refractivity contribution in [2.45, 2.75) is 88.7 Å². The van der Waals surface area contributed by atoms with Gasteiger partial charge in [0, 0.05) is 33.8 Å². The number of rotatable bonds is 8. The van der Waals surface area contributed by atoms with Crippen molar-refractivity contribution in [3.8, 4) is 0 Å². The van der Waals surface area contributed by atoms with Crippen LogP contribution in [0.4, 0.5) is 4.39 Å². The first-order valence-corrected chi connectivity index (χ1v) is 16.3. The van der Waals surface area contributed by atoms with E-state index in [0.717, 1.165) is 29.6 Å². The van der Waals surface area contributed by atoms with E-state index in [1.54, 1.807) is 12.1 Å². The predicted octanol–water partition coefficient (Wildman–Crippen LogP) is 7.63. The highest BCUT2D eigenvalue weighted by Gasteiger charge is 2.47. The van der Waals surface area contributed by atoms with Gasteiger partial charge in [-0.15, -0.1) is 11.8 Å². The maximum atomic E-state index is 13.4. The topological polar surface area (TPSA) is 0 Å². The van der Waals surface area contributed by atoms with E-state index < -0.39 is 0 Å². The Bertz CT molecular complexity index is 829. The molecule has 6 atom stereocenters. The van der Waals surface area contributed by atoms with E-state index in [0.29, 0.717) is 5.25 Å². The molecular formula is C32H53FN2S+2. The monoisotopic (exact) mass is 516 g/mol. The summed E-state index contributed by atoms with van der Waals surface area (Å²) in [6, 6.07) is 7.15. The van der Waals surface area contributed by atoms with Gasteiger partial charge in [-0.05, 0) is 88.0 Å². The molecule has 4 aliphatic rings. The number of halogens is 1. The summed E-state index contributed by atoms with van der Waals surface area (Å²) in [6.07, 6.45) is 13.0. The quantitative estimate of drug-likeness (QED) is 0.253. The van der Waals surface area contributed by atoms with E-state index in [4.69, 9.17) is 0 Å². The molecule has 0 N–H and O–H groups in total. The van der Waals surface area contributed by atoms with Gasteiger partial charge in [-0.25, -0.2) is 4.39 Å². The van der Waals surface area contributed by atoms with Crippen molar-refractivity contribution in [3.63, 3.8) is 0 Å². The maximum absolute atomic E-state index is 13.4. The lowest BCUT2D eigenvalue weighted by Crippen LogP contribution is -2.50. The Morgan fingerprint density at radius 3 is 1.83 bits per heavy atom. The van der Waals surface area contributed by atoms with Crippen molar-refractivity contribution < 1.29 is 13.4 Å². The smallest absolute Gasteiger partial charge is 0.123 e. The molecule has 1 aromatic carbocycles. The standard InChI is InChI=1S/C32H53FN2S/c1-25(18-28-22-34(21-26(28)2)14-6-4-7-15-34)19-29-23-35(16-8-5-9-17-35)24-30(29)20-27(3)36-32-12-10-31(33)11-13-32/h10-13,25-30H,4-9,14-24H2,1-3H3/q+2. The van der Waals surface area contributed by atoms with Crippen LogP contribution in [0.15, 0.2) is 29.2 Å². The number of quaternary nitrogens is 2. The molecule has 0 radical (unpaired) electrons. The Kier molecular flexibility index (Phi) is 8.75. The molecule has 0 bridgehead atoms. The summed E-state index contributed by atoms with van der Waals surface area (Å²) >= 11 is 1.96. The molecule has 4 heteroatoms. The molecule has 2 nitrogen and oxygen atoms in total. The number of nitrogens with zero attached hydrogens (tertiary/aromatic N) is 2. The van der Waals surface area contributed by atoms with Gasteiger partial charge in [-0.2, -0.15) is 0 Å². The van der Waals surface area contributed by atoms with Crippen molar-refractivity contribution in [2.75, 3.05) is 52.4 Å². The molecule has 0 amide bonds. The number of benzene rings is 1. The van der Waals surface area contributed by atoms with Crippen molar-refractivity contribution in [1.29, 1.82) is 0 Å². The van der Waals surface area contributed by atoms with Crippen molar-refractivity contribution in [2.24, 2.45) is 29.6 Å². The van der Waals surface area contributed by atoms with Crippen LogP contribution in [-0.2, 0) is 0 Å². The average Bonchev–Trinajstić information content (AvgIpc) is 3.31. The minimum Gasteiger partial charge on any atom is -0.323 e. The van der Waals surface area contributed by atoms with Gasteiger partial charge in [0.25, 0.3) is 0 Å². The molecule has 0 aliphatic carbocycles. The molecule has 36 heavy (non-hydrogen) atoms. The van der Waals surface area contributed by atoms with Crippen molar-refractivity contribution in [1.82, 2.24) is 0 Å². The number of piperidine rings is 2. The first kappa shape index (κ1) is 27.0. The molecule has 0 aromatic heterocycles. The number of hydrogen-bond acceptors (Lipinski definition) is 1. The lowest BCUT2D eigenvalue weighted by molar-refractivity contribution is -0.923. The molecule has 4 saturated heterocycles. The summed E-state index contributed by atoms with van der Waals surface area (Å²) in [5.41, 5.74) is 0. The van der Waals surface area contributed by atoms with Gasteiger partial charge < -0.3 is 8.97 Å². The predicted molar refractivity (Wildman–Crippen MR) is 152 cm³/mol. The SMILES string of the molecule is CC(CC1C[N+]2(CCCCC2)CC1C)CC1C[N+]2(CCCCC2)CC1CC(C)Sc1ccc(F)cc1. The molecule has 0 saturated carbocycles. The van der Waals surface area contributed by atoms with Gasteiger partial charge in [0.1, 0.15) is 5.82 Å². The summed E-state index contributed by atoms with van der Waals surface area (Å²) in [5, 5.41) is 0.597. The second kappa shape index (κ2) is 11.7. The van der Waals surface area contributed by atoms with Crippen LogP contribution < -0.4 is 0 Å². The highest BCUT2D eigenvalue weighted by Crippen LogP contribution is 2.43. The van der Waals surface area contributed by atoms with Gasteiger partial charge in [0.15, 0.2) is 0 Å². The first-order chi connectivity index (χ1) is 17.3. The summed E-state index contributed by atoms with van der Waals surface area (Å²) in [4.78, 5) is 1.22. The highest BCUT2D eigenvalue weighted by molar-refractivity contribution is 7.99. The fourth-order valence-electron chi connectivity index (χ4n) is 9.17. The Labute approximate surface area is 225 Å². The molecule has 4 heterocycles. The lowest BCUT2D eigenvalue weighted by atomic mass is 9.80. The summed E-state index contributed by atoms with van der Waals surface area (Å²) in [6.45, 7) is 19.2. The maximum Gasteiger partial charge on any atom is 0.123 e. The summed E-state index contributed by atoms with van der Waals surface area (Å²) in [7, 11) is 0. The van der Waals surface area contributed by atoms with E-state index in [-0.39, 0.29) is 5.82 Å². The third-order valence-corrected chi connectivity index (χ3v) is 11.9. The van der Waals surface area contributed by atoms with Crippen LogP contribution in [0.1, 0.15) is 78.6 Å². The molecule has 5 rings (SSSR count). The van der Waals surface area contributed by atoms with Crippen LogP contribution in [0, 0.1) is 35.4 Å². The van der Waals surface area contributed by atoms with Gasteiger partial charge in [-0.3, -0.25) is 0 Å². The van der Waals surface area contributed by atoms with Crippen molar-refractivity contribution in [3.05, 3.63) is 30.1 Å². The van der Waals surface area contributed by atoms with Gasteiger partial charge >= 0.3 is 0 Å². The summed E-state index contributed by atoms with van der Waals surface area (Å²) in [5.74, 6) is 4.34. The molecule has 2 spiro atoms. The zero-order valence-electron chi connectivity index (χ0n) is 23.5. The van der Waals surface area contributed by atoms with Crippen molar-refractivity contribution >= 4 is 11.8 Å². The zero-order chi connectivity index (χ0) is 25.2. The Balaban J connectivity index is 1.20. The highest BCUT2D eigenvalue weighted by atomic mass is 32.2. The number of hydrogen-bond donors (Lipinski definition) is 0. The van der Waals surface area contributed by atoms with Gasteiger partial charge in [0.2, 0.25) is 0 Å². The third-order valence-electron chi connectivity index (χ3n) is 10.7. The van der Waals surface area contributed by atoms with E-state index in [1.165, 1.54) is 124 Å². The van der Waals surface area contributed by atoms with Crippen LogP contribution in [0.5, 0.6) is 0 Å². The molecule has 202 valence electrons. The second-order valence-corrected chi connectivity index (χ2v) is 15.4. The molecule has 4 aliphatic heterocycles. The van der Waals surface area contributed by atoms with E-state index in [9.17, 15) is 4.39 Å². The zero-order valence-corrected chi connectivity index (χ0v) is 24.3. The van der Waals surface area contributed by atoms with Gasteiger partial charge in [0.05, 0.1) is 52.4 Å². The van der Waals surface area contributed by atoms with Gasteiger partial charge in [-0.1, -0.05) is 20.8 Å². The minimum absolute atomic E-state index is 0.127. The largest absolute Gasteiger partial charge is 0.323 e. The van der Waals surface area contributed by atoms with Crippen LogP contribution in [0.3, 0.4) is 0 Å². The fourth-order valence-corrected chi connectivity index (χ4v) is 10.3. The van der Waals surface area contributed by atoms with E-state index in [1.807, 2.05) is 23.9 Å². The molecular weight excluding hydrogens is 463 g/mol. The Morgan fingerprint density at radius 2 is 1.22 bits per heavy atom. The normalized spacial score (nSPS) is 33.2. The van der Waals surface area contributed by atoms with Crippen LogP contribution in [0.2, 0.25) is 0 Å². The Morgan fingerprint density at radius 1 is 0.722 bits per heavy atom. The lowest BCUT2D eigenvalue weighted by Gasteiger charge is -2.38. The van der Waals surface area contributed by atoms with Crippen LogP contribution >= 0.6 is 11.8 Å².